The van der Waals surface area contributed by atoms with E-state index >= 15 is 0 Å². The van der Waals surface area contributed by atoms with Crippen LogP contribution in [0.5, 0.6) is 0 Å². The van der Waals surface area contributed by atoms with Crippen molar-refractivity contribution in [3.8, 4) is 11.5 Å². The van der Waals surface area contributed by atoms with Crippen molar-refractivity contribution in [2.45, 2.75) is 19.4 Å². The van der Waals surface area contributed by atoms with E-state index in [0.717, 1.165) is 17.1 Å². The van der Waals surface area contributed by atoms with Gasteiger partial charge in [-0.2, -0.15) is 4.98 Å². The highest BCUT2D eigenvalue weighted by Crippen LogP contribution is 2.23. The molecular formula is C28H31N9O3. The van der Waals surface area contributed by atoms with Crippen LogP contribution >= 0.6 is 0 Å². The first-order valence-corrected chi connectivity index (χ1v) is 13.1. The second kappa shape index (κ2) is 12.5. The topological polar surface area (TPSA) is 153 Å². The first kappa shape index (κ1) is 26.9. The summed E-state index contributed by atoms with van der Waals surface area (Å²) in [6, 6.07) is 16.6. The number of carboxylic acids is 1. The van der Waals surface area contributed by atoms with Crippen LogP contribution in [0, 0.1) is 6.92 Å². The van der Waals surface area contributed by atoms with Crippen molar-refractivity contribution in [2.24, 2.45) is 0 Å². The van der Waals surface area contributed by atoms with E-state index in [9.17, 15) is 15.0 Å². The summed E-state index contributed by atoms with van der Waals surface area (Å²) in [5, 5.41) is 25.1. The fourth-order valence-electron chi connectivity index (χ4n) is 4.60. The average molecular weight is 542 g/mol. The molecule has 40 heavy (non-hydrogen) atoms. The zero-order valence-electron chi connectivity index (χ0n) is 22.1. The van der Waals surface area contributed by atoms with E-state index in [1.807, 2.05) is 54.3 Å². The molecule has 1 fully saturated rings. The van der Waals surface area contributed by atoms with Crippen molar-refractivity contribution < 1.29 is 15.0 Å². The Kier molecular flexibility index (Phi) is 8.38. The maximum absolute atomic E-state index is 11.5. The third-order valence-electron chi connectivity index (χ3n) is 6.62. The molecule has 4 heterocycles. The van der Waals surface area contributed by atoms with Crippen LogP contribution in [0.25, 0.3) is 11.5 Å². The number of aliphatic hydroxyl groups is 1. The Morgan fingerprint density at radius 2 is 1.62 bits per heavy atom. The molecule has 5 rings (SSSR count). The number of benzene rings is 1. The van der Waals surface area contributed by atoms with E-state index in [0.29, 0.717) is 55.3 Å². The van der Waals surface area contributed by atoms with Crippen LogP contribution in [0.1, 0.15) is 12.1 Å². The molecule has 0 radical (unpaired) electrons. The molecule has 0 saturated carbocycles. The van der Waals surface area contributed by atoms with Crippen LogP contribution in [-0.4, -0.2) is 84.8 Å². The van der Waals surface area contributed by atoms with Gasteiger partial charge in [-0.1, -0.05) is 6.07 Å². The number of aliphatic hydroxyl groups excluding tert-OH is 1. The molecule has 4 aromatic rings. The summed E-state index contributed by atoms with van der Waals surface area (Å²) in [5.74, 6) is 1.24. The number of nitrogens with one attached hydrogen (secondary N) is 2. The Bertz CT molecular complexity index is 1440. The van der Waals surface area contributed by atoms with E-state index in [4.69, 9.17) is 0 Å². The Morgan fingerprint density at radius 3 is 2.33 bits per heavy atom. The number of pyridine rings is 1. The molecule has 0 spiro atoms. The number of hydrogen-bond donors (Lipinski definition) is 4. The maximum atomic E-state index is 11.5. The maximum Gasteiger partial charge on any atom is 0.321 e. The molecule has 0 bridgehead atoms. The Labute approximate surface area is 231 Å². The molecule has 1 aromatic carbocycles. The lowest BCUT2D eigenvalue weighted by Crippen LogP contribution is -2.53. The van der Waals surface area contributed by atoms with Crippen molar-refractivity contribution in [1.82, 2.24) is 29.8 Å². The van der Waals surface area contributed by atoms with Gasteiger partial charge < -0.3 is 25.7 Å². The van der Waals surface area contributed by atoms with Gasteiger partial charge in [0.05, 0.1) is 0 Å². The minimum absolute atomic E-state index is 0.137. The Hall–Kier alpha value is -4.68. The molecule has 0 amide bonds. The highest BCUT2D eigenvalue weighted by molar-refractivity contribution is 5.73. The second-order valence-electron chi connectivity index (χ2n) is 9.38. The largest absolute Gasteiger partial charge is 0.480 e. The predicted octanol–water partition coefficient (Wildman–Crippen LogP) is 3.08. The normalized spacial score (nSPS) is 14.5. The van der Waals surface area contributed by atoms with Gasteiger partial charge in [-0.15, -0.1) is 0 Å². The number of carbonyl (C=O) groups is 1. The number of aliphatic carboxylic acids is 1. The van der Waals surface area contributed by atoms with Gasteiger partial charge in [-0.05, 0) is 61.9 Å². The molecule has 1 aliphatic heterocycles. The van der Waals surface area contributed by atoms with Gasteiger partial charge in [0.2, 0.25) is 5.95 Å². The van der Waals surface area contributed by atoms with E-state index in [2.05, 4.69) is 40.5 Å². The second-order valence-corrected chi connectivity index (χ2v) is 9.38. The third kappa shape index (κ3) is 6.65. The smallest absolute Gasteiger partial charge is 0.321 e. The number of aryl methyl sites for hydroxylation is 1. The number of carboxylic acid groups (broad SMARTS) is 1. The van der Waals surface area contributed by atoms with Crippen LogP contribution in [0.3, 0.4) is 0 Å². The van der Waals surface area contributed by atoms with Gasteiger partial charge >= 0.3 is 5.97 Å². The molecule has 12 nitrogen and oxygen atoms in total. The highest BCUT2D eigenvalue weighted by atomic mass is 16.4. The molecule has 3 aromatic heterocycles. The van der Waals surface area contributed by atoms with Gasteiger partial charge in [0.25, 0.3) is 0 Å². The molecule has 1 atom stereocenters. The van der Waals surface area contributed by atoms with Gasteiger partial charge in [-0.25, -0.2) is 19.9 Å². The van der Waals surface area contributed by atoms with E-state index in [-0.39, 0.29) is 13.0 Å². The highest BCUT2D eigenvalue weighted by Gasteiger charge is 2.28. The third-order valence-corrected chi connectivity index (χ3v) is 6.62. The van der Waals surface area contributed by atoms with Crippen molar-refractivity contribution in [3.05, 3.63) is 72.7 Å². The zero-order chi connectivity index (χ0) is 27.9. The van der Waals surface area contributed by atoms with Gasteiger partial charge in [-0.3, -0.25) is 9.69 Å². The summed E-state index contributed by atoms with van der Waals surface area (Å²) >= 11 is 0. The summed E-state index contributed by atoms with van der Waals surface area (Å²) in [5.41, 5.74) is 3.48. The minimum Gasteiger partial charge on any atom is -0.480 e. The first-order chi connectivity index (χ1) is 19.5. The molecule has 1 unspecified atom stereocenters. The quantitative estimate of drug-likeness (QED) is 0.233. The number of aromatic nitrogens is 5. The van der Waals surface area contributed by atoms with Crippen molar-refractivity contribution in [3.63, 3.8) is 0 Å². The van der Waals surface area contributed by atoms with E-state index in [1.165, 1.54) is 0 Å². The number of anilines is 5. The number of nitrogens with zero attached hydrogens (tertiary/aromatic N) is 7. The SMILES string of the molecule is Cc1cccc(-c2nccc(Nc3ccnc(Nc4ccc(N5CCN(C(CCO)C(=O)O)CC5)cc4)n3)n2)n1. The molecule has 0 aliphatic carbocycles. The fourth-order valence-corrected chi connectivity index (χ4v) is 4.60. The summed E-state index contributed by atoms with van der Waals surface area (Å²) < 4.78 is 0. The average Bonchev–Trinajstić information content (AvgIpc) is 2.97. The summed E-state index contributed by atoms with van der Waals surface area (Å²) in [7, 11) is 0. The van der Waals surface area contributed by atoms with Crippen LogP contribution in [-0.2, 0) is 4.79 Å². The van der Waals surface area contributed by atoms with Gasteiger partial charge in [0.1, 0.15) is 23.4 Å². The van der Waals surface area contributed by atoms with Gasteiger partial charge in [0.15, 0.2) is 5.82 Å². The fraction of sp³-hybridized carbons (Fsp3) is 0.286. The molecule has 12 heteroatoms. The van der Waals surface area contributed by atoms with Crippen LogP contribution in [0.4, 0.5) is 29.0 Å². The van der Waals surface area contributed by atoms with Crippen LogP contribution in [0.2, 0.25) is 0 Å². The molecular weight excluding hydrogens is 510 g/mol. The van der Waals surface area contributed by atoms with Crippen molar-refractivity contribution >= 4 is 34.9 Å². The lowest BCUT2D eigenvalue weighted by atomic mass is 10.1. The number of piperazine rings is 1. The lowest BCUT2D eigenvalue weighted by molar-refractivity contribution is -0.144. The molecule has 1 aliphatic rings. The monoisotopic (exact) mass is 541 g/mol. The minimum atomic E-state index is -0.888. The molecule has 206 valence electrons. The summed E-state index contributed by atoms with van der Waals surface area (Å²) in [4.78, 5) is 37.9. The van der Waals surface area contributed by atoms with E-state index in [1.54, 1.807) is 24.5 Å². The Morgan fingerprint density at radius 1 is 0.900 bits per heavy atom. The number of rotatable bonds is 10. The Balaban J connectivity index is 1.19. The molecule has 4 N–H and O–H groups in total. The standard InChI is InChI=1S/C28H31N9O3/c1-19-3-2-4-22(31-19)26-29-12-9-24(34-26)33-25-10-13-30-28(35-25)32-20-5-7-21(8-6-20)36-14-16-37(17-15-36)23(11-18-38)27(39)40/h2-10,12-13,23,38H,11,14-18H2,1H3,(H,39,40)(H2,29,30,32,33,34,35). The van der Waals surface area contributed by atoms with Crippen LogP contribution < -0.4 is 15.5 Å². The van der Waals surface area contributed by atoms with Crippen molar-refractivity contribution in [2.75, 3.05) is 48.3 Å². The zero-order valence-corrected chi connectivity index (χ0v) is 22.1. The predicted molar refractivity (Wildman–Crippen MR) is 152 cm³/mol. The van der Waals surface area contributed by atoms with Crippen LogP contribution in [0.15, 0.2) is 67.0 Å². The van der Waals surface area contributed by atoms with Gasteiger partial charge in [0, 0.05) is 62.2 Å². The lowest BCUT2D eigenvalue weighted by Gasteiger charge is -2.38. The molecule has 1 saturated heterocycles. The number of hydrogen-bond acceptors (Lipinski definition) is 11. The van der Waals surface area contributed by atoms with E-state index < -0.39 is 12.0 Å². The van der Waals surface area contributed by atoms with Crippen molar-refractivity contribution in [1.29, 1.82) is 0 Å². The summed E-state index contributed by atoms with van der Waals surface area (Å²) in [6.45, 7) is 4.46. The first-order valence-electron chi connectivity index (χ1n) is 13.1. The summed E-state index contributed by atoms with van der Waals surface area (Å²) in [6.07, 6.45) is 3.58.